The van der Waals surface area contributed by atoms with Gasteiger partial charge < -0.3 is 24.3 Å². The van der Waals surface area contributed by atoms with Gasteiger partial charge in [-0.15, -0.1) is 11.8 Å². The third-order valence-corrected chi connectivity index (χ3v) is 6.89. The first kappa shape index (κ1) is 28.7. The molecule has 3 aromatic carbocycles. The van der Waals surface area contributed by atoms with E-state index in [1.807, 2.05) is 54.6 Å². The van der Waals surface area contributed by atoms with Crippen molar-refractivity contribution in [1.82, 2.24) is 4.57 Å². The SMILES string of the molecule is O=C(O)CSc1cn(CC(=O)O)c2c(C=Cc3ccc(OCCCCOc4cccc(F)c4F)cc3)cccc12. The maximum absolute atomic E-state index is 13.6. The van der Waals surface area contributed by atoms with Crippen LogP contribution in [0.2, 0.25) is 0 Å². The van der Waals surface area contributed by atoms with Crippen LogP contribution < -0.4 is 9.47 Å². The van der Waals surface area contributed by atoms with Gasteiger partial charge in [0.1, 0.15) is 12.3 Å². The van der Waals surface area contributed by atoms with Crippen molar-refractivity contribution in [2.75, 3.05) is 19.0 Å². The van der Waals surface area contributed by atoms with Gasteiger partial charge in [0.05, 0.1) is 24.5 Å². The van der Waals surface area contributed by atoms with E-state index in [-0.39, 0.29) is 24.7 Å². The molecule has 0 aliphatic rings. The van der Waals surface area contributed by atoms with E-state index in [1.165, 1.54) is 12.1 Å². The molecular weight excluding hydrogens is 540 g/mol. The predicted molar refractivity (Wildman–Crippen MR) is 150 cm³/mol. The second kappa shape index (κ2) is 13.7. The summed E-state index contributed by atoms with van der Waals surface area (Å²) in [5.74, 6) is -3.40. The minimum Gasteiger partial charge on any atom is -0.494 e. The third-order valence-electron chi connectivity index (χ3n) is 5.87. The first-order chi connectivity index (χ1) is 19.3. The number of carboxylic acid groups (broad SMARTS) is 2. The zero-order chi connectivity index (χ0) is 28.5. The molecule has 4 aromatic rings. The standard InChI is InChI=1S/C30H27F2NO6S/c31-24-7-4-8-25(29(24)32)39-16-2-1-15-38-22-13-10-20(11-14-22)9-12-21-5-3-6-23-26(40-19-28(36)37)17-33(30(21)23)18-27(34)35/h3-14,17H,1-2,15-16,18-19H2,(H,34,35)(H,36,37). The van der Waals surface area contributed by atoms with Gasteiger partial charge in [-0.1, -0.05) is 48.6 Å². The Labute approximate surface area is 233 Å². The number of thioether (sulfide) groups is 1. The van der Waals surface area contributed by atoms with Crippen molar-refractivity contribution in [2.24, 2.45) is 0 Å². The van der Waals surface area contributed by atoms with Gasteiger partial charge in [-0.25, -0.2) is 4.39 Å². The summed E-state index contributed by atoms with van der Waals surface area (Å²) in [5, 5.41) is 19.2. The van der Waals surface area contributed by atoms with Crippen LogP contribution in [0.25, 0.3) is 23.1 Å². The molecule has 1 heterocycles. The number of aromatic nitrogens is 1. The molecule has 0 saturated heterocycles. The second-order valence-electron chi connectivity index (χ2n) is 8.80. The molecule has 0 atom stereocenters. The number of hydrogen-bond acceptors (Lipinski definition) is 5. The van der Waals surface area contributed by atoms with E-state index in [9.17, 15) is 23.5 Å². The number of halogens is 2. The van der Waals surface area contributed by atoms with Crippen molar-refractivity contribution in [3.05, 3.63) is 89.6 Å². The van der Waals surface area contributed by atoms with Crippen molar-refractivity contribution < 1.29 is 38.1 Å². The Morgan fingerprint density at radius 1 is 0.875 bits per heavy atom. The Balaban J connectivity index is 1.34. The number of para-hydroxylation sites is 1. The molecule has 208 valence electrons. The number of carboxylic acids is 2. The summed E-state index contributed by atoms with van der Waals surface area (Å²) < 4.78 is 39.5. The van der Waals surface area contributed by atoms with Gasteiger partial charge in [0.2, 0.25) is 5.82 Å². The number of hydrogen-bond donors (Lipinski definition) is 2. The largest absolute Gasteiger partial charge is 0.494 e. The number of benzene rings is 3. The maximum Gasteiger partial charge on any atom is 0.323 e. The fraction of sp³-hybridized carbons (Fsp3) is 0.200. The second-order valence-corrected chi connectivity index (χ2v) is 9.82. The highest BCUT2D eigenvalue weighted by Crippen LogP contribution is 2.33. The number of nitrogens with zero attached hydrogens (tertiary/aromatic N) is 1. The normalized spacial score (nSPS) is 11.2. The maximum atomic E-state index is 13.6. The Kier molecular flexibility index (Phi) is 9.80. The van der Waals surface area contributed by atoms with E-state index in [0.29, 0.717) is 30.1 Å². The van der Waals surface area contributed by atoms with Crippen molar-refractivity contribution in [2.45, 2.75) is 24.3 Å². The van der Waals surface area contributed by atoms with Crippen LogP contribution in [0.1, 0.15) is 24.0 Å². The van der Waals surface area contributed by atoms with Crippen LogP contribution in [-0.2, 0) is 16.1 Å². The van der Waals surface area contributed by atoms with Gasteiger partial charge in [0, 0.05) is 16.5 Å². The van der Waals surface area contributed by atoms with Crippen LogP contribution in [-0.4, -0.2) is 45.7 Å². The molecule has 4 rings (SSSR count). The lowest BCUT2D eigenvalue weighted by Gasteiger charge is -2.09. The van der Waals surface area contributed by atoms with Crippen LogP contribution in [0.3, 0.4) is 0 Å². The molecule has 0 radical (unpaired) electrons. The summed E-state index contributed by atoms with van der Waals surface area (Å²) in [6, 6.07) is 16.9. The van der Waals surface area contributed by atoms with E-state index in [4.69, 9.17) is 14.6 Å². The Bertz CT molecular complexity index is 1520. The molecule has 10 heteroatoms. The Hall–Kier alpha value is -4.31. The van der Waals surface area contributed by atoms with Crippen molar-refractivity contribution in [1.29, 1.82) is 0 Å². The van der Waals surface area contributed by atoms with E-state index in [0.717, 1.165) is 39.9 Å². The summed E-state index contributed by atoms with van der Waals surface area (Å²) in [5.41, 5.74) is 2.44. The number of carbonyl (C=O) groups is 2. The summed E-state index contributed by atoms with van der Waals surface area (Å²) in [7, 11) is 0. The molecular formula is C30H27F2NO6S. The average Bonchev–Trinajstić information content (AvgIpc) is 3.28. The van der Waals surface area contributed by atoms with Gasteiger partial charge in [0.25, 0.3) is 0 Å². The molecule has 2 N–H and O–H groups in total. The predicted octanol–water partition coefficient (Wildman–Crippen LogP) is 6.59. The van der Waals surface area contributed by atoms with Crippen molar-refractivity contribution in [3.8, 4) is 11.5 Å². The first-order valence-corrected chi connectivity index (χ1v) is 13.5. The smallest absolute Gasteiger partial charge is 0.323 e. The molecule has 7 nitrogen and oxygen atoms in total. The monoisotopic (exact) mass is 567 g/mol. The zero-order valence-electron chi connectivity index (χ0n) is 21.4. The highest BCUT2D eigenvalue weighted by atomic mass is 32.2. The van der Waals surface area contributed by atoms with E-state index < -0.39 is 23.6 Å². The van der Waals surface area contributed by atoms with Gasteiger partial charge in [-0.2, -0.15) is 4.39 Å². The molecule has 1 aromatic heterocycles. The summed E-state index contributed by atoms with van der Waals surface area (Å²) >= 11 is 1.15. The van der Waals surface area contributed by atoms with Crippen molar-refractivity contribution >= 4 is 46.8 Å². The topological polar surface area (TPSA) is 98.0 Å². The van der Waals surface area contributed by atoms with Crippen LogP contribution in [0.5, 0.6) is 11.5 Å². The van der Waals surface area contributed by atoms with Crippen LogP contribution in [0.15, 0.2) is 71.8 Å². The third kappa shape index (κ3) is 7.63. The number of unbranched alkanes of at least 4 members (excludes halogenated alkanes) is 1. The highest BCUT2D eigenvalue weighted by molar-refractivity contribution is 8.00. The fourth-order valence-electron chi connectivity index (χ4n) is 4.05. The molecule has 0 aliphatic heterocycles. The van der Waals surface area contributed by atoms with Crippen LogP contribution in [0, 0.1) is 11.6 Å². The zero-order valence-corrected chi connectivity index (χ0v) is 22.2. The average molecular weight is 568 g/mol. The number of aliphatic carboxylic acids is 2. The minimum absolute atomic E-state index is 0.103. The van der Waals surface area contributed by atoms with E-state index >= 15 is 0 Å². The van der Waals surface area contributed by atoms with Gasteiger partial charge >= 0.3 is 11.9 Å². The summed E-state index contributed by atoms with van der Waals surface area (Å²) in [6.45, 7) is 0.444. The van der Waals surface area contributed by atoms with Crippen LogP contribution >= 0.6 is 11.8 Å². The molecule has 0 aliphatic carbocycles. The van der Waals surface area contributed by atoms with Gasteiger partial charge in [-0.3, -0.25) is 9.59 Å². The molecule has 0 unspecified atom stereocenters. The number of fused-ring (bicyclic) bond motifs is 1. The lowest BCUT2D eigenvalue weighted by Crippen LogP contribution is -2.07. The van der Waals surface area contributed by atoms with E-state index in [1.54, 1.807) is 10.8 Å². The fourth-order valence-corrected chi connectivity index (χ4v) is 4.85. The summed E-state index contributed by atoms with van der Waals surface area (Å²) in [6.07, 6.45) is 6.77. The quantitative estimate of drug-likeness (QED) is 0.101. The van der Waals surface area contributed by atoms with Gasteiger partial charge in [-0.05, 0) is 48.2 Å². The molecule has 0 saturated carbocycles. The number of rotatable bonds is 14. The number of ether oxygens (including phenoxy) is 2. The lowest BCUT2D eigenvalue weighted by atomic mass is 10.1. The molecule has 0 fully saturated rings. The van der Waals surface area contributed by atoms with Gasteiger partial charge in [0.15, 0.2) is 11.6 Å². The van der Waals surface area contributed by atoms with E-state index in [2.05, 4.69) is 0 Å². The first-order valence-electron chi connectivity index (χ1n) is 12.5. The van der Waals surface area contributed by atoms with Crippen LogP contribution in [0.4, 0.5) is 8.78 Å². The molecule has 40 heavy (non-hydrogen) atoms. The highest BCUT2D eigenvalue weighted by Gasteiger charge is 2.14. The molecule has 0 spiro atoms. The Morgan fingerprint density at radius 3 is 2.33 bits per heavy atom. The minimum atomic E-state index is -0.992. The Morgan fingerprint density at radius 2 is 1.60 bits per heavy atom. The molecule has 0 bridgehead atoms. The van der Waals surface area contributed by atoms with Crippen molar-refractivity contribution in [3.63, 3.8) is 0 Å². The summed E-state index contributed by atoms with van der Waals surface area (Å²) in [4.78, 5) is 23.2. The molecule has 0 amide bonds. The lowest BCUT2D eigenvalue weighted by molar-refractivity contribution is -0.137.